The Bertz CT molecular complexity index is 573. The van der Waals surface area contributed by atoms with Crippen LogP contribution in [0.5, 0.6) is 0 Å². The number of benzene rings is 1. The van der Waals surface area contributed by atoms with Crippen LogP contribution in [0.15, 0.2) is 18.2 Å². The Morgan fingerprint density at radius 2 is 1.71 bits per heavy atom. The highest BCUT2D eigenvalue weighted by Crippen LogP contribution is 2.66. The normalized spacial score (nSPS) is 44.0. The van der Waals surface area contributed by atoms with Crippen LogP contribution in [-0.2, 0) is 0 Å². The molecule has 0 aliphatic heterocycles. The van der Waals surface area contributed by atoms with E-state index in [1.165, 1.54) is 44.1 Å². The molecule has 0 radical (unpaired) electrons. The first kappa shape index (κ1) is 13.5. The Labute approximate surface area is 128 Å². The van der Waals surface area contributed by atoms with Gasteiger partial charge >= 0.3 is 0 Å². The van der Waals surface area contributed by atoms with Crippen molar-refractivity contribution in [3.63, 3.8) is 0 Å². The third-order valence-corrected chi connectivity index (χ3v) is 6.23. The van der Waals surface area contributed by atoms with Gasteiger partial charge in [-0.2, -0.15) is 0 Å². The van der Waals surface area contributed by atoms with Crippen molar-refractivity contribution >= 4 is 11.4 Å². The summed E-state index contributed by atoms with van der Waals surface area (Å²) in [6.07, 6.45) is 8.28. The number of aryl methyl sites for hydroxylation is 1. The molecule has 2 heteroatoms. The van der Waals surface area contributed by atoms with E-state index in [0.717, 1.165) is 17.3 Å². The molecule has 2 atom stereocenters. The molecule has 3 N–H and O–H groups in total. The second-order valence-electron chi connectivity index (χ2n) is 9.13. The molecule has 4 aliphatic rings. The van der Waals surface area contributed by atoms with E-state index < -0.39 is 0 Å². The van der Waals surface area contributed by atoms with Gasteiger partial charge in [0.25, 0.3) is 0 Å². The molecule has 4 saturated carbocycles. The minimum atomic E-state index is 0.283. The molecule has 0 spiro atoms. The Kier molecular flexibility index (Phi) is 2.55. The number of hydrogen-bond donors (Lipinski definition) is 2. The quantitative estimate of drug-likeness (QED) is 0.770. The average molecular weight is 284 g/mol. The number of rotatable bonds is 2. The van der Waals surface area contributed by atoms with Crippen LogP contribution in [0.25, 0.3) is 0 Å². The summed E-state index contributed by atoms with van der Waals surface area (Å²) < 4.78 is 0. The lowest BCUT2D eigenvalue weighted by Crippen LogP contribution is -2.61. The molecule has 0 amide bonds. The van der Waals surface area contributed by atoms with E-state index >= 15 is 0 Å². The van der Waals surface area contributed by atoms with Crippen molar-refractivity contribution in [2.75, 3.05) is 11.1 Å². The predicted molar refractivity (Wildman–Crippen MR) is 89.4 cm³/mol. The van der Waals surface area contributed by atoms with E-state index in [9.17, 15) is 0 Å². The van der Waals surface area contributed by atoms with E-state index in [2.05, 4.69) is 38.2 Å². The van der Waals surface area contributed by atoms with Crippen LogP contribution in [0, 0.1) is 23.7 Å². The molecule has 0 saturated heterocycles. The Balaban J connectivity index is 1.70. The zero-order valence-electron chi connectivity index (χ0n) is 13.6. The van der Waals surface area contributed by atoms with Gasteiger partial charge in [0.15, 0.2) is 0 Å². The monoisotopic (exact) mass is 284 g/mol. The molecule has 0 aromatic heterocycles. The molecule has 0 heterocycles. The fraction of sp³-hybridized carbons (Fsp3) is 0.684. The van der Waals surface area contributed by atoms with E-state index in [1.807, 2.05) is 6.07 Å². The van der Waals surface area contributed by atoms with Gasteiger partial charge in [-0.3, -0.25) is 0 Å². The Hall–Kier alpha value is -1.18. The maximum absolute atomic E-state index is 6.22. The number of hydrogen-bond acceptors (Lipinski definition) is 2. The van der Waals surface area contributed by atoms with Crippen LogP contribution in [0.3, 0.4) is 0 Å². The van der Waals surface area contributed by atoms with Crippen molar-refractivity contribution in [1.29, 1.82) is 0 Å². The Morgan fingerprint density at radius 3 is 2.33 bits per heavy atom. The number of nitrogen functional groups attached to an aromatic ring is 1. The molecule has 5 rings (SSSR count). The summed E-state index contributed by atoms with van der Waals surface area (Å²) in [5.41, 5.74) is 10.9. The van der Waals surface area contributed by atoms with Gasteiger partial charge < -0.3 is 11.1 Å². The van der Waals surface area contributed by atoms with E-state index in [-0.39, 0.29) is 5.54 Å². The van der Waals surface area contributed by atoms with Gasteiger partial charge in [-0.1, -0.05) is 19.9 Å². The lowest BCUT2D eigenvalue weighted by molar-refractivity contribution is -0.0972. The van der Waals surface area contributed by atoms with Crippen molar-refractivity contribution in [2.45, 2.75) is 64.8 Å². The summed E-state index contributed by atoms with van der Waals surface area (Å²) in [5, 5.41) is 3.92. The van der Waals surface area contributed by atoms with Crippen LogP contribution in [0.1, 0.15) is 57.9 Å². The van der Waals surface area contributed by atoms with Crippen molar-refractivity contribution < 1.29 is 0 Å². The predicted octanol–water partition coefficient (Wildman–Crippen LogP) is 4.74. The first-order chi connectivity index (χ1) is 9.79. The van der Waals surface area contributed by atoms with Gasteiger partial charge in [-0.25, -0.2) is 0 Å². The molecule has 1 aromatic rings. The molecule has 4 bridgehead atoms. The second-order valence-corrected chi connectivity index (χ2v) is 9.13. The zero-order chi connectivity index (χ0) is 14.9. The third kappa shape index (κ3) is 2.15. The van der Waals surface area contributed by atoms with Gasteiger partial charge in [0, 0.05) is 5.54 Å². The van der Waals surface area contributed by atoms with Crippen molar-refractivity contribution in [3.8, 4) is 0 Å². The standard InChI is InChI=1S/C19H28N2/c1-13-4-5-15(20)16(6-13)21-19-9-14-7-17(2,11-19)10-18(3,8-14)12-19/h4-6,14,21H,7-12,20H2,1-3H3. The molecule has 1 aromatic carbocycles. The molecule has 2 unspecified atom stereocenters. The SMILES string of the molecule is Cc1ccc(N)c(NC23CC4CC(C)(CC(C)(C4)C2)C3)c1. The van der Waals surface area contributed by atoms with E-state index in [0.29, 0.717) is 10.8 Å². The summed E-state index contributed by atoms with van der Waals surface area (Å²) in [6.45, 7) is 7.18. The average Bonchev–Trinajstić information content (AvgIpc) is 2.28. The van der Waals surface area contributed by atoms with Gasteiger partial charge in [-0.05, 0) is 79.9 Å². The lowest BCUT2D eigenvalue weighted by Gasteiger charge is -2.65. The van der Waals surface area contributed by atoms with Gasteiger partial charge in [0.2, 0.25) is 0 Å². The minimum Gasteiger partial charge on any atom is -0.397 e. The highest BCUT2D eigenvalue weighted by molar-refractivity contribution is 5.68. The first-order valence-electron chi connectivity index (χ1n) is 8.43. The number of nitrogens with one attached hydrogen (secondary N) is 1. The van der Waals surface area contributed by atoms with Crippen LogP contribution < -0.4 is 11.1 Å². The highest BCUT2D eigenvalue weighted by atomic mass is 15.0. The summed E-state index contributed by atoms with van der Waals surface area (Å²) >= 11 is 0. The maximum Gasteiger partial charge on any atom is 0.0580 e. The van der Waals surface area contributed by atoms with Crippen LogP contribution in [0.4, 0.5) is 11.4 Å². The largest absolute Gasteiger partial charge is 0.397 e. The molecule has 4 aliphatic carbocycles. The lowest BCUT2D eigenvalue weighted by atomic mass is 9.43. The van der Waals surface area contributed by atoms with Crippen molar-refractivity contribution in [2.24, 2.45) is 16.7 Å². The molecule has 21 heavy (non-hydrogen) atoms. The number of anilines is 2. The fourth-order valence-corrected chi connectivity index (χ4v) is 6.65. The maximum atomic E-state index is 6.22. The van der Waals surface area contributed by atoms with Gasteiger partial charge in [-0.15, -0.1) is 0 Å². The van der Waals surface area contributed by atoms with Gasteiger partial charge in [0.05, 0.1) is 11.4 Å². The second kappa shape index (κ2) is 3.97. The van der Waals surface area contributed by atoms with Crippen LogP contribution >= 0.6 is 0 Å². The molecule has 114 valence electrons. The number of nitrogens with two attached hydrogens (primary N) is 1. The van der Waals surface area contributed by atoms with Gasteiger partial charge in [0.1, 0.15) is 0 Å². The molecule has 4 fully saturated rings. The van der Waals surface area contributed by atoms with Crippen LogP contribution in [-0.4, -0.2) is 5.54 Å². The molecule has 2 nitrogen and oxygen atoms in total. The zero-order valence-corrected chi connectivity index (χ0v) is 13.6. The molecular formula is C19H28N2. The third-order valence-electron chi connectivity index (χ3n) is 6.23. The highest BCUT2D eigenvalue weighted by Gasteiger charge is 2.60. The van der Waals surface area contributed by atoms with E-state index in [4.69, 9.17) is 5.73 Å². The summed E-state index contributed by atoms with van der Waals surface area (Å²) in [6, 6.07) is 6.36. The topological polar surface area (TPSA) is 38.0 Å². The van der Waals surface area contributed by atoms with Crippen LogP contribution in [0.2, 0.25) is 0 Å². The minimum absolute atomic E-state index is 0.283. The summed E-state index contributed by atoms with van der Waals surface area (Å²) in [7, 11) is 0. The Morgan fingerprint density at radius 1 is 1.05 bits per heavy atom. The summed E-state index contributed by atoms with van der Waals surface area (Å²) in [4.78, 5) is 0. The van der Waals surface area contributed by atoms with Crippen molar-refractivity contribution in [3.05, 3.63) is 23.8 Å². The smallest absolute Gasteiger partial charge is 0.0580 e. The van der Waals surface area contributed by atoms with Crippen molar-refractivity contribution in [1.82, 2.24) is 0 Å². The fourth-order valence-electron chi connectivity index (χ4n) is 6.65. The molecular weight excluding hydrogens is 256 g/mol. The summed E-state index contributed by atoms with van der Waals surface area (Å²) in [5.74, 6) is 0.912. The van der Waals surface area contributed by atoms with E-state index in [1.54, 1.807) is 0 Å². The first-order valence-corrected chi connectivity index (χ1v) is 8.43.